The number of ether oxygens (including phenoxy) is 3. The van der Waals surface area contributed by atoms with E-state index in [4.69, 9.17) is 19.2 Å². The average molecular weight is 613 g/mol. The van der Waals surface area contributed by atoms with E-state index in [1.807, 2.05) is 0 Å². The number of nitrogens with zero attached hydrogens (tertiary/aromatic N) is 5. The molecule has 3 heterocycles. The van der Waals surface area contributed by atoms with E-state index in [1.54, 1.807) is 26.0 Å². The minimum absolute atomic E-state index is 0.0731. The summed E-state index contributed by atoms with van der Waals surface area (Å²) < 4.78 is 43.1. The first kappa shape index (κ1) is 30.5. The fourth-order valence-corrected chi connectivity index (χ4v) is 7.02. The Morgan fingerprint density at radius 1 is 0.977 bits per heavy atom. The van der Waals surface area contributed by atoms with Crippen LogP contribution in [0.5, 0.6) is 18.0 Å². The van der Waals surface area contributed by atoms with Gasteiger partial charge in [0.15, 0.2) is 0 Å². The number of esters is 1. The van der Waals surface area contributed by atoms with E-state index in [9.17, 15) is 18.0 Å². The zero-order valence-electron chi connectivity index (χ0n) is 24.8. The number of hydrogen-bond acceptors (Lipinski definition) is 11. The van der Waals surface area contributed by atoms with Gasteiger partial charge in [-0.3, -0.25) is 9.79 Å². The van der Waals surface area contributed by atoms with Crippen LogP contribution < -0.4 is 19.5 Å². The quantitative estimate of drug-likeness (QED) is 0.439. The van der Waals surface area contributed by atoms with Crippen molar-refractivity contribution in [3.63, 3.8) is 0 Å². The van der Waals surface area contributed by atoms with Crippen LogP contribution >= 0.6 is 0 Å². The molecule has 13 nitrogen and oxygen atoms in total. The normalized spacial score (nSPS) is 19.3. The molecule has 0 atom stereocenters. The highest BCUT2D eigenvalue weighted by molar-refractivity contribution is 7.92. The summed E-state index contributed by atoms with van der Waals surface area (Å²) in [5.41, 5.74) is 1.37. The summed E-state index contributed by atoms with van der Waals surface area (Å²) >= 11 is 0. The molecule has 1 spiro atoms. The number of sulfonamides is 1. The van der Waals surface area contributed by atoms with Crippen molar-refractivity contribution < 1.29 is 32.2 Å². The Kier molecular flexibility index (Phi) is 8.79. The lowest BCUT2D eigenvalue weighted by Gasteiger charge is -2.34. The van der Waals surface area contributed by atoms with E-state index in [0.717, 1.165) is 31.5 Å². The zero-order valence-corrected chi connectivity index (χ0v) is 25.6. The van der Waals surface area contributed by atoms with E-state index in [-0.39, 0.29) is 48.5 Å². The monoisotopic (exact) mass is 612 g/mol. The van der Waals surface area contributed by atoms with Crippen LogP contribution in [0.3, 0.4) is 0 Å². The molecule has 1 aromatic carbocycles. The second kappa shape index (κ2) is 12.4. The standard InChI is InChI=1S/C29H36N6O7S/c1-18-16-21(24(36)42-28-32-26(40-3)31-27(33-28)41-4)17-19(2)22(18)10-15-43(38,39)35-13-11-29(12-14-35)25(37)30-23(34-29)20-8-6-5-7-9-20/h10,15-17,20H,5-9,11-14H2,1-4H3,(H,30,34,37). The topological polar surface area (TPSA) is 162 Å². The Morgan fingerprint density at radius 2 is 1.56 bits per heavy atom. The van der Waals surface area contributed by atoms with Gasteiger partial charge in [0.25, 0.3) is 5.91 Å². The molecule has 3 aliphatic rings. The van der Waals surface area contributed by atoms with Crippen molar-refractivity contribution in [2.24, 2.45) is 10.9 Å². The number of amidine groups is 1. The van der Waals surface area contributed by atoms with Crippen LogP contribution in [0.25, 0.3) is 6.08 Å². The average Bonchev–Trinajstić information content (AvgIpc) is 3.31. The maximum atomic E-state index is 13.3. The Bertz CT molecular complexity index is 1530. The molecule has 1 amide bonds. The van der Waals surface area contributed by atoms with Gasteiger partial charge in [-0.25, -0.2) is 13.2 Å². The third-order valence-corrected chi connectivity index (χ3v) is 9.82. The Balaban J connectivity index is 1.25. The highest BCUT2D eigenvalue weighted by atomic mass is 32.2. The number of methoxy groups -OCH3 is 2. The van der Waals surface area contributed by atoms with Crippen molar-refractivity contribution in [1.29, 1.82) is 0 Å². The number of hydrogen-bond donors (Lipinski definition) is 1. The first-order chi connectivity index (χ1) is 20.5. The Morgan fingerprint density at radius 3 is 2.14 bits per heavy atom. The molecule has 1 saturated heterocycles. The Hall–Kier alpha value is -3.91. The molecular formula is C29H36N6O7S. The zero-order chi connectivity index (χ0) is 30.8. The predicted octanol–water partition coefficient (Wildman–Crippen LogP) is 2.97. The minimum Gasteiger partial charge on any atom is -0.467 e. The molecule has 230 valence electrons. The molecule has 0 radical (unpaired) electrons. The summed E-state index contributed by atoms with van der Waals surface area (Å²) in [6, 6.07) is 2.77. The highest BCUT2D eigenvalue weighted by Gasteiger charge is 2.48. The van der Waals surface area contributed by atoms with Crippen molar-refractivity contribution in [3.05, 3.63) is 39.8 Å². The number of aliphatic imine (C=N–C) groups is 1. The van der Waals surface area contributed by atoms with Crippen LogP contribution in [0.15, 0.2) is 22.5 Å². The number of carbonyl (C=O) groups is 2. The first-order valence-electron chi connectivity index (χ1n) is 14.3. The molecule has 5 rings (SSSR count). The lowest BCUT2D eigenvalue weighted by Crippen LogP contribution is -2.50. The molecule has 0 unspecified atom stereocenters. The van der Waals surface area contributed by atoms with Crippen molar-refractivity contribution in [2.75, 3.05) is 27.3 Å². The molecule has 0 bridgehead atoms. The van der Waals surface area contributed by atoms with Crippen molar-refractivity contribution in [1.82, 2.24) is 24.6 Å². The molecule has 43 heavy (non-hydrogen) atoms. The van der Waals surface area contributed by atoms with Crippen LogP contribution in [0.4, 0.5) is 0 Å². The third-order valence-electron chi connectivity index (χ3n) is 8.26. The first-order valence-corrected chi connectivity index (χ1v) is 15.8. The van der Waals surface area contributed by atoms with E-state index in [0.29, 0.717) is 29.5 Å². The molecule has 1 N–H and O–H groups in total. The van der Waals surface area contributed by atoms with E-state index < -0.39 is 21.5 Å². The minimum atomic E-state index is -3.76. The summed E-state index contributed by atoms with van der Waals surface area (Å²) in [6.07, 6.45) is 7.78. The maximum absolute atomic E-state index is 13.3. The molecule has 14 heteroatoms. The van der Waals surface area contributed by atoms with Crippen molar-refractivity contribution in [3.8, 4) is 18.0 Å². The number of benzene rings is 1. The van der Waals surface area contributed by atoms with Gasteiger partial charge in [-0.1, -0.05) is 19.3 Å². The van der Waals surface area contributed by atoms with Crippen LogP contribution in [0, 0.1) is 19.8 Å². The van der Waals surface area contributed by atoms with E-state index >= 15 is 0 Å². The number of aromatic nitrogens is 3. The summed E-state index contributed by atoms with van der Waals surface area (Å²) in [5, 5.41) is 4.18. The van der Waals surface area contributed by atoms with Gasteiger partial charge in [0.1, 0.15) is 11.4 Å². The Labute approximate surface area is 250 Å². The number of rotatable bonds is 8. The predicted molar refractivity (Wildman–Crippen MR) is 157 cm³/mol. The number of amides is 1. The van der Waals surface area contributed by atoms with Gasteiger partial charge in [-0.15, -0.1) is 15.0 Å². The molecular weight excluding hydrogens is 576 g/mol. The molecule has 1 saturated carbocycles. The fourth-order valence-electron chi connectivity index (χ4n) is 5.85. The second-order valence-corrected chi connectivity index (χ2v) is 12.9. The molecule has 2 aliphatic heterocycles. The number of aryl methyl sites for hydroxylation is 2. The van der Waals surface area contributed by atoms with Gasteiger partial charge in [0.2, 0.25) is 10.0 Å². The number of nitrogens with one attached hydrogen (secondary N) is 1. The highest BCUT2D eigenvalue weighted by Crippen LogP contribution is 2.35. The third kappa shape index (κ3) is 6.54. The summed E-state index contributed by atoms with van der Waals surface area (Å²) in [6.45, 7) is 3.96. The van der Waals surface area contributed by atoms with E-state index in [2.05, 4.69) is 20.3 Å². The molecule has 2 fully saturated rings. The summed E-state index contributed by atoms with van der Waals surface area (Å²) in [7, 11) is -1.04. The van der Waals surface area contributed by atoms with Gasteiger partial charge >= 0.3 is 24.0 Å². The van der Waals surface area contributed by atoms with Crippen molar-refractivity contribution in [2.45, 2.75) is 64.3 Å². The van der Waals surface area contributed by atoms with Crippen LogP contribution in [0.1, 0.15) is 72.0 Å². The number of carbonyl (C=O) groups excluding carboxylic acids is 2. The van der Waals surface area contributed by atoms with Gasteiger partial charge < -0.3 is 19.5 Å². The summed E-state index contributed by atoms with van der Waals surface area (Å²) in [5.74, 6) is 0.251. The lowest BCUT2D eigenvalue weighted by atomic mass is 9.88. The smallest absolute Gasteiger partial charge is 0.345 e. The molecule has 1 aliphatic carbocycles. The van der Waals surface area contributed by atoms with E-state index in [1.165, 1.54) is 36.4 Å². The second-order valence-electron chi connectivity index (χ2n) is 11.1. The largest absolute Gasteiger partial charge is 0.467 e. The molecule has 1 aromatic heterocycles. The van der Waals surface area contributed by atoms with Crippen molar-refractivity contribution >= 4 is 33.8 Å². The lowest BCUT2D eigenvalue weighted by molar-refractivity contribution is -0.125. The van der Waals surface area contributed by atoms with Crippen LogP contribution in [-0.2, 0) is 14.8 Å². The van der Waals surface area contributed by atoms with Crippen LogP contribution in [0.2, 0.25) is 0 Å². The number of piperidine rings is 1. The van der Waals surface area contributed by atoms with Gasteiger partial charge in [0, 0.05) is 24.4 Å². The van der Waals surface area contributed by atoms with Crippen LogP contribution in [-0.4, -0.2) is 78.2 Å². The maximum Gasteiger partial charge on any atom is 0.345 e. The van der Waals surface area contributed by atoms with Gasteiger partial charge in [-0.05, 0) is 74.4 Å². The summed E-state index contributed by atoms with van der Waals surface area (Å²) in [4.78, 5) is 42.3. The van der Waals surface area contributed by atoms with Gasteiger partial charge in [0.05, 0.1) is 19.8 Å². The molecule has 2 aromatic rings. The SMILES string of the molecule is COc1nc(OC)nc(OC(=O)c2cc(C)c(C=CS(=O)(=O)N3CCC4(CC3)N=C(C3CCCCC3)NC4=O)c(C)c2)n1. The van der Waals surface area contributed by atoms with Gasteiger partial charge in [-0.2, -0.15) is 4.31 Å². The fraction of sp³-hybridized carbons (Fsp3) is 0.517.